The smallest absolute Gasteiger partial charge is 0.254 e. The Morgan fingerprint density at radius 2 is 2.00 bits per heavy atom. The molecule has 3 aromatic heterocycles. The van der Waals surface area contributed by atoms with Gasteiger partial charge in [0, 0.05) is 37.3 Å². The number of aromatic nitrogens is 4. The highest BCUT2D eigenvalue weighted by Gasteiger charge is 2.14. The number of nitrogens with zero attached hydrogens (tertiary/aromatic N) is 4. The molecule has 140 valence electrons. The van der Waals surface area contributed by atoms with E-state index in [1.165, 1.54) is 0 Å². The fourth-order valence-corrected chi connectivity index (χ4v) is 2.87. The van der Waals surface area contributed by atoms with E-state index in [0.717, 1.165) is 17.0 Å². The summed E-state index contributed by atoms with van der Waals surface area (Å²) < 4.78 is 7.11. The standard InChI is InChI=1S/C20H18N6O2/c1-21-19(27)15-7-4-8-23-18(15)25-20-24-16(12-17-22-9-10-26(17)20)13-5-3-6-14(11-13)28-2/h3-12H,1-2H3,(H,21,27)(H,23,24,25). The quantitative estimate of drug-likeness (QED) is 0.558. The van der Waals surface area contributed by atoms with Crippen LogP contribution in [0.5, 0.6) is 5.75 Å². The van der Waals surface area contributed by atoms with Crippen molar-refractivity contribution in [2.75, 3.05) is 19.5 Å². The van der Waals surface area contributed by atoms with Gasteiger partial charge in [0.25, 0.3) is 5.91 Å². The molecule has 8 nitrogen and oxygen atoms in total. The fraction of sp³-hybridized carbons (Fsp3) is 0.100. The molecule has 1 aromatic carbocycles. The molecule has 0 saturated heterocycles. The summed E-state index contributed by atoms with van der Waals surface area (Å²) in [6, 6.07) is 12.9. The maximum Gasteiger partial charge on any atom is 0.254 e. The van der Waals surface area contributed by atoms with E-state index >= 15 is 0 Å². The number of fused-ring (bicyclic) bond motifs is 1. The molecule has 28 heavy (non-hydrogen) atoms. The molecule has 0 spiro atoms. The van der Waals surface area contributed by atoms with Crippen molar-refractivity contribution in [2.24, 2.45) is 0 Å². The van der Waals surface area contributed by atoms with Crippen molar-refractivity contribution in [1.82, 2.24) is 24.7 Å². The van der Waals surface area contributed by atoms with Crippen molar-refractivity contribution in [2.45, 2.75) is 0 Å². The first-order valence-electron chi connectivity index (χ1n) is 8.62. The van der Waals surface area contributed by atoms with Crippen LogP contribution in [0.15, 0.2) is 61.1 Å². The highest BCUT2D eigenvalue weighted by atomic mass is 16.5. The number of pyridine rings is 1. The van der Waals surface area contributed by atoms with Crippen LogP contribution < -0.4 is 15.4 Å². The van der Waals surface area contributed by atoms with Gasteiger partial charge < -0.3 is 15.4 Å². The van der Waals surface area contributed by atoms with Crippen LogP contribution in [-0.4, -0.2) is 39.4 Å². The van der Waals surface area contributed by atoms with Crippen molar-refractivity contribution < 1.29 is 9.53 Å². The lowest BCUT2D eigenvalue weighted by molar-refractivity contribution is 0.0963. The number of imidazole rings is 1. The Bertz CT molecular complexity index is 1150. The van der Waals surface area contributed by atoms with E-state index in [2.05, 4.69) is 20.6 Å². The van der Waals surface area contributed by atoms with Crippen molar-refractivity contribution in [3.63, 3.8) is 0 Å². The fourth-order valence-electron chi connectivity index (χ4n) is 2.87. The summed E-state index contributed by atoms with van der Waals surface area (Å²) in [5, 5.41) is 5.78. The van der Waals surface area contributed by atoms with Gasteiger partial charge in [-0.25, -0.2) is 15.0 Å². The van der Waals surface area contributed by atoms with E-state index in [1.54, 1.807) is 49.3 Å². The molecule has 2 N–H and O–H groups in total. The normalized spacial score (nSPS) is 10.6. The highest BCUT2D eigenvalue weighted by molar-refractivity contribution is 5.99. The molecule has 8 heteroatoms. The Morgan fingerprint density at radius 1 is 1.11 bits per heavy atom. The van der Waals surface area contributed by atoms with Crippen molar-refractivity contribution >= 4 is 23.3 Å². The molecule has 1 amide bonds. The molecule has 4 rings (SSSR count). The predicted molar refractivity (Wildman–Crippen MR) is 106 cm³/mol. The van der Waals surface area contributed by atoms with E-state index in [4.69, 9.17) is 9.72 Å². The Morgan fingerprint density at radius 3 is 2.82 bits per heavy atom. The molecule has 0 bridgehead atoms. The van der Waals surface area contributed by atoms with Crippen molar-refractivity contribution in [3.8, 4) is 17.0 Å². The number of carbonyl (C=O) groups is 1. The Kier molecular flexibility index (Phi) is 4.59. The zero-order chi connectivity index (χ0) is 19.5. The zero-order valence-corrected chi connectivity index (χ0v) is 15.4. The van der Waals surface area contributed by atoms with E-state index in [0.29, 0.717) is 23.0 Å². The third kappa shape index (κ3) is 3.23. The van der Waals surface area contributed by atoms with E-state index in [1.807, 2.05) is 30.3 Å². The highest BCUT2D eigenvalue weighted by Crippen LogP contribution is 2.26. The number of nitrogens with one attached hydrogen (secondary N) is 2. The second-order valence-electron chi connectivity index (χ2n) is 5.96. The average Bonchev–Trinajstić information content (AvgIpc) is 3.22. The second-order valence-corrected chi connectivity index (χ2v) is 5.96. The third-order valence-corrected chi connectivity index (χ3v) is 4.26. The van der Waals surface area contributed by atoms with Gasteiger partial charge in [0.2, 0.25) is 5.95 Å². The first-order chi connectivity index (χ1) is 13.7. The largest absolute Gasteiger partial charge is 0.497 e. The number of rotatable bonds is 5. The van der Waals surface area contributed by atoms with Crippen LogP contribution in [0.1, 0.15) is 10.4 Å². The monoisotopic (exact) mass is 374 g/mol. The minimum absolute atomic E-state index is 0.235. The van der Waals surface area contributed by atoms with Crippen LogP contribution in [0.25, 0.3) is 16.9 Å². The number of hydrogen-bond donors (Lipinski definition) is 2. The summed E-state index contributed by atoms with van der Waals surface area (Å²) in [4.78, 5) is 25.6. The van der Waals surface area contributed by atoms with Crippen LogP contribution in [0.4, 0.5) is 11.8 Å². The molecule has 0 aliphatic rings. The van der Waals surface area contributed by atoms with Crippen LogP contribution in [0.2, 0.25) is 0 Å². The molecule has 0 aliphatic carbocycles. The van der Waals surface area contributed by atoms with Crippen molar-refractivity contribution in [1.29, 1.82) is 0 Å². The maximum absolute atomic E-state index is 12.2. The van der Waals surface area contributed by atoms with Gasteiger partial charge in [-0.2, -0.15) is 0 Å². The van der Waals surface area contributed by atoms with E-state index < -0.39 is 0 Å². The van der Waals surface area contributed by atoms with Crippen LogP contribution in [0.3, 0.4) is 0 Å². The summed E-state index contributed by atoms with van der Waals surface area (Å²) in [6.07, 6.45) is 5.10. The van der Waals surface area contributed by atoms with Gasteiger partial charge in [-0.3, -0.25) is 9.20 Å². The molecule has 4 aromatic rings. The molecular formula is C20H18N6O2. The topological polar surface area (TPSA) is 93.4 Å². The second kappa shape index (κ2) is 7.36. The summed E-state index contributed by atoms with van der Waals surface area (Å²) in [5.74, 6) is 1.41. The number of anilines is 2. The molecule has 0 atom stereocenters. The molecule has 0 aliphatic heterocycles. The first kappa shape index (κ1) is 17.5. The summed E-state index contributed by atoms with van der Waals surface area (Å²) >= 11 is 0. The lowest BCUT2D eigenvalue weighted by Gasteiger charge is -2.12. The van der Waals surface area contributed by atoms with Gasteiger partial charge in [-0.05, 0) is 24.3 Å². The van der Waals surface area contributed by atoms with Gasteiger partial charge >= 0.3 is 0 Å². The van der Waals surface area contributed by atoms with Crippen LogP contribution in [0, 0.1) is 0 Å². The molecule has 0 saturated carbocycles. The minimum Gasteiger partial charge on any atom is -0.497 e. The Balaban J connectivity index is 1.82. The number of ether oxygens (including phenoxy) is 1. The number of amides is 1. The minimum atomic E-state index is -0.235. The van der Waals surface area contributed by atoms with E-state index in [-0.39, 0.29) is 5.91 Å². The Hall–Kier alpha value is -3.94. The third-order valence-electron chi connectivity index (χ3n) is 4.26. The summed E-state index contributed by atoms with van der Waals surface area (Å²) in [5.41, 5.74) is 2.75. The van der Waals surface area contributed by atoms with Gasteiger partial charge in [0.05, 0.1) is 18.4 Å². The van der Waals surface area contributed by atoms with Gasteiger partial charge in [-0.1, -0.05) is 12.1 Å². The summed E-state index contributed by atoms with van der Waals surface area (Å²) in [7, 11) is 3.20. The van der Waals surface area contributed by atoms with Crippen LogP contribution >= 0.6 is 0 Å². The Labute approximate surface area is 161 Å². The average molecular weight is 374 g/mol. The molecule has 0 unspecified atom stereocenters. The lowest BCUT2D eigenvalue weighted by Crippen LogP contribution is -2.20. The number of carbonyl (C=O) groups excluding carboxylic acids is 1. The maximum atomic E-state index is 12.2. The van der Waals surface area contributed by atoms with E-state index in [9.17, 15) is 4.79 Å². The number of benzene rings is 1. The molecule has 0 fully saturated rings. The number of methoxy groups -OCH3 is 1. The van der Waals surface area contributed by atoms with Gasteiger partial charge in [-0.15, -0.1) is 0 Å². The molecular weight excluding hydrogens is 356 g/mol. The number of hydrogen-bond acceptors (Lipinski definition) is 6. The van der Waals surface area contributed by atoms with Crippen LogP contribution in [-0.2, 0) is 0 Å². The predicted octanol–water partition coefficient (Wildman–Crippen LogP) is 2.90. The molecule has 3 heterocycles. The first-order valence-corrected chi connectivity index (χ1v) is 8.62. The lowest BCUT2D eigenvalue weighted by atomic mass is 10.1. The molecule has 0 radical (unpaired) electrons. The van der Waals surface area contributed by atoms with Crippen molar-refractivity contribution in [3.05, 3.63) is 66.6 Å². The van der Waals surface area contributed by atoms with Gasteiger partial charge in [0.1, 0.15) is 17.2 Å². The SMILES string of the molecule is CNC(=O)c1cccnc1Nc1nc(-c2cccc(OC)c2)cc2nccn12. The zero-order valence-electron chi connectivity index (χ0n) is 15.4. The summed E-state index contributed by atoms with van der Waals surface area (Å²) in [6.45, 7) is 0. The van der Waals surface area contributed by atoms with Gasteiger partial charge in [0.15, 0.2) is 0 Å².